The van der Waals surface area contributed by atoms with E-state index in [4.69, 9.17) is 0 Å². The van der Waals surface area contributed by atoms with Gasteiger partial charge in [-0.15, -0.1) is 5.10 Å². The van der Waals surface area contributed by atoms with Gasteiger partial charge in [0.15, 0.2) is 5.82 Å². The standard InChI is InChI=1S/C22H20BN4/c1-23-15-17-11-13-19(14-12-17)20-9-5-6-10-21(20)22-24-25-26-27(22)16-18-7-3-2-4-8-18/h2-14H,15-16H2,1H3. The molecule has 0 bridgehead atoms. The van der Waals surface area contributed by atoms with Gasteiger partial charge >= 0.3 is 0 Å². The Morgan fingerprint density at radius 3 is 2.22 bits per heavy atom. The molecule has 4 rings (SSSR count). The number of hydrogen-bond donors (Lipinski definition) is 0. The van der Waals surface area contributed by atoms with Crippen molar-refractivity contribution in [3.8, 4) is 22.5 Å². The fraction of sp³-hybridized carbons (Fsp3) is 0.136. The highest BCUT2D eigenvalue weighted by atomic mass is 15.5. The van der Waals surface area contributed by atoms with Crippen LogP contribution in [0, 0.1) is 0 Å². The minimum atomic E-state index is 0.642. The molecule has 5 heteroatoms. The van der Waals surface area contributed by atoms with Gasteiger partial charge in [-0.2, -0.15) is 0 Å². The first-order valence-corrected chi connectivity index (χ1v) is 9.12. The van der Waals surface area contributed by atoms with Gasteiger partial charge in [0.05, 0.1) is 6.54 Å². The Balaban J connectivity index is 1.71. The molecule has 0 unspecified atom stereocenters. The van der Waals surface area contributed by atoms with Gasteiger partial charge in [-0.1, -0.05) is 97.6 Å². The van der Waals surface area contributed by atoms with Gasteiger partial charge in [0.1, 0.15) is 7.28 Å². The van der Waals surface area contributed by atoms with Crippen molar-refractivity contribution in [2.45, 2.75) is 19.7 Å². The molecular weight excluding hydrogens is 331 g/mol. The molecule has 131 valence electrons. The summed E-state index contributed by atoms with van der Waals surface area (Å²) in [5, 5.41) is 12.5. The minimum Gasteiger partial charge on any atom is -0.221 e. The van der Waals surface area contributed by atoms with E-state index in [1.807, 2.05) is 28.9 Å². The van der Waals surface area contributed by atoms with Gasteiger partial charge < -0.3 is 0 Å². The molecule has 4 aromatic rings. The van der Waals surface area contributed by atoms with E-state index in [2.05, 4.69) is 84.2 Å². The summed E-state index contributed by atoms with van der Waals surface area (Å²) in [4.78, 5) is 0. The number of rotatable bonds is 6. The highest BCUT2D eigenvalue weighted by molar-refractivity contribution is 6.32. The fourth-order valence-corrected chi connectivity index (χ4v) is 3.25. The monoisotopic (exact) mass is 351 g/mol. The molecule has 3 aromatic carbocycles. The summed E-state index contributed by atoms with van der Waals surface area (Å²) in [7, 11) is 2.17. The van der Waals surface area contributed by atoms with Gasteiger partial charge in [0.25, 0.3) is 0 Å². The molecule has 0 amide bonds. The number of tetrazole rings is 1. The Kier molecular flexibility index (Phi) is 5.10. The first kappa shape index (κ1) is 17.2. The van der Waals surface area contributed by atoms with Gasteiger partial charge in [0, 0.05) is 5.56 Å². The van der Waals surface area contributed by atoms with Crippen LogP contribution in [0.2, 0.25) is 6.82 Å². The summed E-state index contributed by atoms with van der Waals surface area (Å²) >= 11 is 0. The normalized spacial score (nSPS) is 10.7. The second-order valence-electron chi connectivity index (χ2n) is 6.50. The predicted molar refractivity (Wildman–Crippen MR) is 110 cm³/mol. The molecule has 0 spiro atoms. The van der Waals surface area contributed by atoms with Crippen LogP contribution < -0.4 is 0 Å². The van der Waals surface area contributed by atoms with E-state index in [-0.39, 0.29) is 0 Å². The molecule has 4 nitrogen and oxygen atoms in total. The lowest BCUT2D eigenvalue weighted by Crippen LogP contribution is -2.05. The molecule has 0 saturated heterocycles. The maximum Gasteiger partial charge on any atom is 0.182 e. The maximum atomic E-state index is 4.31. The summed E-state index contributed by atoms with van der Waals surface area (Å²) < 4.78 is 1.86. The zero-order chi connectivity index (χ0) is 18.5. The van der Waals surface area contributed by atoms with Crippen LogP contribution in [0.25, 0.3) is 22.5 Å². The molecule has 0 atom stereocenters. The topological polar surface area (TPSA) is 43.6 Å². The lowest BCUT2D eigenvalue weighted by atomic mass is 9.75. The Morgan fingerprint density at radius 1 is 0.778 bits per heavy atom. The van der Waals surface area contributed by atoms with Gasteiger partial charge in [-0.3, -0.25) is 0 Å². The third kappa shape index (κ3) is 3.82. The van der Waals surface area contributed by atoms with Crippen LogP contribution in [-0.2, 0) is 12.9 Å². The zero-order valence-corrected chi connectivity index (χ0v) is 15.3. The molecular formula is C22H20BN4. The van der Waals surface area contributed by atoms with Crippen molar-refractivity contribution >= 4 is 7.28 Å². The maximum absolute atomic E-state index is 4.31. The van der Waals surface area contributed by atoms with Crippen molar-refractivity contribution in [2.24, 2.45) is 0 Å². The van der Waals surface area contributed by atoms with Crippen LogP contribution in [0.1, 0.15) is 11.1 Å². The molecule has 0 saturated carbocycles. The van der Waals surface area contributed by atoms with E-state index in [0.29, 0.717) is 6.54 Å². The smallest absolute Gasteiger partial charge is 0.182 e. The van der Waals surface area contributed by atoms with Crippen LogP contribution in [0.3, 0.4) is 0 Å². The Hall–Kier alpha value is -3.21. The molecule has 1 radical (unpaired) electrons. The quantitative estimate of drug-likeness (QED) is 0.486. The number of hydrogen-bond acceptors (Lipinski definition) is 3. The van der Waals surface area contributed by atoms with Crippen LogP contribution in [-0.4, -0.2) is 27.5 Å². The molecule has 0 N–H and O–H groups in total. The van der Waals surface area contributed by atoms with Gasteiger partial charge in [-0.05, 0) is 27.1 Å². The minimum absolute atomic E-state index is 0.642. The summed E-state index contributed by atoms with van der Waals surface area (Å²) in [6.45, 7) is 2.72. The lowest BCUT2D eigenvalue weighted by Gasteiger charge is -2.11. The first-order chi connectivity index (χ1) is 13.3. The van der Waals surface area contributed by atoms with Crippen molar-refractivity contribution in [2.75, 3.05) is 0 Å². The molecule has 0 aliphatic heterocycles. The van der Waals surface area contributed by atoms with Crippen molar-refractivity contribution in [1.29, 1.82) is 0 Å². The van der Waals surface area contributed by atoms with Gasteiger partial charge in [-0.25, -0.2) is 4.68 Å². The van der Waals surface area contributed by atoms with E-state index >= 15 is 0 Å². The van der Waals surface area contributed by atoms with E-state index in [0.717, 1.165) is 23.3 Å². The van der Waals surface area contributed by atoms with Crippen molar-refractivity contribution < 1.29 is 0 Å². The molecule has 1 aromatic heterocycles. The van der Waals surface area contributed by atoms with E-state index in [1.165, 1.54) is 16.7 Å². The zero-order valence-electron chi connectivity index (χ0n) is 15.3. The van der Waals surface area contributed by atoms with Gasteiger partial charge in [0.2, 0.25) is 0 Å². The molecule has 0 fully saturated rings. The summed E-state index contributed by atoms with van der Waals surface area (Å²) in [6.07, 6.45) is 0.983. The van der Waals surface area contributed by atoms with E-state index in [1.54, 1.807) is 0 Å². The van der Waals surface area contributed by atoms with Crippen molar-refractivity contribution in [3.05, 3.63) is 90.0 Å². The third-order valence-electron chi connectivity index (χ3n) is 4.58. The summed E-state index contributed by atoms with van der Waals surface area (Å²) in [6, 6.07) is 27.2. The molecule has 0 aliphatic carbocycles. The average Bonchev–Trinajstić information content (AvgIpc) is 3.17. The van der Waals surface area contributed by atoms with E-state index < -0.39 is 0 Å². The number of aromatic nitrogens is 4. The summed E-state index contributed by atoms with van der Waals surface area (Å²) in [5.74, 6) is 0.778. The SMILES string of the molecule is C[B]Cc1ccc(-c2ccccc2-c2nnnn2Cc2ccccc2)cc1. The Bertz CT molecular complexity index is 1010. The van der Waals surface area contributed by atoms with Crippen LogP contribution in [0.4, 0.5) is 0 Å². The van der Waals surface area contributed by atoms with E-state index in [9.17, 15) is 0 Å². The largest absolute Gasteiger partial charge is 0.221 e. The summed E-state index contributed by atoms with van der Waals surface area (Å²) in [5.41, 5.74) is 5.82. The second-order valence-corrected chi connectivity index (χ2v) is 6.50. The van der Waals surface area contributed by atoms with Crippen LogP contribution in [0.15, 0.2) is 78.9 Å². The highest BCUT2D eigenvalue weighted by Gasteiger charge is 2.14. The number of benzene rings is 3. The van der Waals surface area contributed by atoms with Crippen molar-refractivity contribution in [1.82, 2.24) is 20.2 Å². The molecule has 27 heavy (non-hydrogen) atoms. The predicted octanol–water partition coefficient (Wildman–Crippen LogP) is 4.31. The molecule has 1 heterocycles. The number of nitrogens with zero attached hydrogens (tertiary/aromatic N) is 4. The fourth-order valence-electron chi connectivity index (χ4n) is 3.25. The van der Waals surface area contributed by atoms with Crippen LogP contribution >= 0.6 is 0 Å². The third-order valence-corrected chi connectivity index (χ3v) is 4.58. The highest BCUT2D eigenvalue weighted by Crippen LogP contribution is 2.31. The lowest BCUT2D eigenvalue weighted by molar-refractivity contribution is 0.653. The average molecular weight is 351 g/mol. The van der Waals surface area contributed by atoms with Crippen LogP contribution in [0.5, 0.6) is 0 Å². The Labute approximate surface area is 160 Å². The Morgan fingerprint density at radius 2 is 1.48 bits per heavy atom. The second kappa shape index (κ2) is 8.00. The first-order valence-electron chi connectivity index (χ1n) is 9.12. The molecule has 0 aliphatic rings. The van der Waals surface area contributed by atoms with Crippen molar-refractivity contribution in [3.63, 3.8) is 0 Å².